The second-order valence-electron chi connectivity index (χ2n) is 13.6. The molecule has 4 heterocycles. The Kier molecular flexibility index (Phi) is 10.1. The van der Waals surface area contributed by atoms with Gasteiger partial charge in [0.15, 0.2) is 0 Å². The number of para-hydroxylation sites is 2. The van der Waals surface area contributed by atoms with Crippen LogP contribution >= 0.6 is 11.3 Å². The Morgan fingerprint density at radius 2 is 1.80 bits per heavy atom. The first-order valence-electron chi connectivity index (χ1n) is 17.5. The highest BCUT2D eigenvalue weighted by Crippen LogP contribution is 2.32. The first-order chi connectivity index (χ1) is 24.6. The first kappa shape index (κ1) is 35.1. The van der Waals surface area contributed by atoms with Crippen LogP contribution in [-0.4, -0.2) is 91.5 Å². The van der Waals surface area contributed by atoms with Crippen molar-refractivity contribution in [3.8, 4) is 5.75 Å². The third kappa shape index (κ3) is 7.37. The van der Waals surface area contributed by atoms with E-state index in [-0.39, 0.29) is 41.1 Å². The average molecular weight is 719 g/mol. The summed E-state index contributed by atoms with van der Waals surface area (Å²) in [6.07, 6.45) is 1.16. The van der Waals surface area contributed by atoms with Crippen LogP contribution in [0.2, 0.25) is 0 Å². The van der Waals surface area contributed by atoms with E-state index in [0.717, 1.165) is 59.4 Å². The number of fused-ring (bicyclic) bond motifs is 2. The van der Waals surface area contributed by atoms with Crippen molar-refractivity contribution in [2.24, 2.45) is 0 Å². The number of nitrogens with one attached hydrogen (secondary N) is 2. The number of imidazole rings is 1. The van der Waals surface area contributed by atoms with Gasteiger partial charge in [-0.15, -0.1) is 0 Å². The number of aryl methyl sites for hydroxylation is 1. The van der Waals surface area contributed by atoms with E-state index >= 15 is 0 Å². The van der Waals surface area contributed by atoms with Crippen molar-refractivity contribution >= 4 is 38.5 Å². The predicted octanol–water partition coefficient (Wildman–Crippen LogP) is 3.33. The van der Waals surface area contributed by atoms with E-state index < -0.39 is 11.7 Å². The number of benzene rings is 3. The van der Waals surface area contributed by atoms with Crippen molar-refractivity contribution in [2.45, 2.75) is 57.5 Å². The Morgan fingerprint density at radius 3 is 2.57 bits per heavy atom. The zero-order chi connectivity index (χ0) is 35.7. The molecule has 1 unspecified atom stereocenters. The van der Waals surface area contributed by atoms with Crippen molar-refractivity contribution < 1.29 is 24.1 Å². The number of amides is 1. The highest BCUT2D eigenvalue weighted by molar-refractivity contribution is 7.16. The number of phenols is 1. The third-order valence-electron chi connectivity index (χ3n) is 10.2. The highest BCUT2D eigenvalue weighted by Gasteiger charge is 2.41. The van der Waals surface area contributed by atoms with Crippen LogP contribution in [0.25, 0.3) is 21.3 Å². The molecule has 0 aliphatic carbocycles. The molecule has 12 nitrogen and oxygen atoms in total. The number of phenolic OH excluding ortho intramolecular Hbond substituents is 1. The van der Waals surface area contributed by atoms with Gasteiger partial charge in [0.25, 0.3) is 0 Å². The number of rotatable bonds is 11. The lowest BCUT2D eigenvalue weighted by molar-refractivity contribution is -0.160. The second-order valence-corrected chi connectivity index (χ2v) is 14.5. The lowest BCUT2D eigenvalue weighted by Gasteiger charge is -2.47. The second kappa shape index (κ2) is 14.7. The summed E-state index contributed by atoms with van der Waals surface area (Å²) >= 11 is 0.946. The van der Waals surface area contributed by atoms with Gasteiger partial charge in [0.1, 0.15) is 23.6 Å². The molecule has 0 radical (unpaired) electrons. The molecule has 1 amide bonds. The average Bonchev–Trinajstić information content (AvgIpc) is 3.64. The van der Waals surface area contributed by atoms with E-state index in [4.69, 9.17) is 4.74 Å². The summed E-state index contributed by atoms with van der Waals surface area (Å²) in [5.74, 6) is -0.424. The normalized spacial score (nSPS) is 17.1. The van der Waals surface area contributed by atoms with Gasteiger partial charge in [-0.05, 0) is 74.2 Å². The number of hydrogen-bond donors (Lipinski definition) is 4. The number of aromatic nitrogens is 3. The maximum Gasteiger partial charge on any atom is 0.329 e. The van der Waals surface area contributed by atoms with Crippen LogP contribution in [-0.2, 0) is 35.6 Å². The Bertz CT molecular complexity index is 2170. The number of ether oxygens (including phenoxy) is 1. The molecule has 3 aromatic carbocycles. The fourth-order valence-electron chi connectivity index (χ4n) is 7.54. The largest absolute Gasteiger partial charge is 0.506 e. The maximum atomic E-state index is 14.7. The molecule has 14 heteroatoms. The van der Waals surface area contributed by atoms with Crippen molar-refractivity contribution in [2.75, 3.05) is 45.9 Å². The smallest absolute Gasteiger partial charge is 0.329 e. The molecule has 7 rings (SSSR count). The number of carbonyl (C=O) groups is 1. The Morgan fingerprint density at radius 1 is 1.06 bits per heavy atom. The van der Waals surface area contributed by atoms with Crippen LogP contribution in [0.5, 0.6) is 5.75 Å². The molecule has 2 saturated heterocycles. The standard InChI is InChI=1S/C37H43FN6O6S/c1-2-43-28-5-3-4-6-29(28)44(36(43)49)22-32(47)42-15-16-50-37(23-42)10-13-41(14-11-37)21-25-17-24(18-26(38)19-25)9-12-39-20-31(46)27-7-8-30(45)33-34(27)51-35(48)40-33/h3-8,17-19,31,39,45-46H,2,9-16,20-23H2,1H3,(H,40,48). The molecule has 2 aliphatic rings. The lowest BCUT2D eigenvalue weighted by Crippen LogP contribution is -2.58. The molecule has 2 fully saturated rings. The van der Waals surface area contributed by atoms with Crippen LogP contribution in [0, 0.1) is 5.82 Å². The third-order valence-corrected chi connectivity index (χ3v) is 11.1. The van der Waals surface area contributed by atoms with E-state index in [0.29, 0.717) is 61.5 Å². The fraction of sp³-hybridized carbons (Fsp3) is 0.432. The zero-order valence-electron chi connectivity index (χ0n) is 28.6. The monoisotopic (exact) mass is 718 g/mol. The molecule has 2 aromatic heterocycles. The van der Waals surface area contributed by atoms with Gasteiger partial charge < -0.3 is 30.2 Å². The predicted molar refractivity (Wildman–Crippen MR) is 194 cm³/mol. The summed E-state index contributed by atoms with van der Waals surface area (Å²) in [4.78, 5) is 44.9. The first-order valence-corrected chi connectivity index (χ1v) is 18.3. The number of nitrogens with zero attached hydrogens (tertiary/aromatic N) is 4. The molecular formula is C37H43FN6O6S. The number of H-pyrrole nitrogens is 1. The summed E-state index contributed by atoms with van der Waals surface area (Å²) in [6, 6.07) is 15.7. The van der Waals surface area contributed by atoms with Gasteiger partial charge in [0, 0.05) is 51.4 Å². The number of aromatic hydroxyl groups is 1. The minimum absolute atomic E-state index is 0.00815. The van der Waals surface area contributed by atoms with Gasteiger partial charge in [0.2, 0.25) is 5.91 Å². The molecule has 0 bridgehead atoms. The summed E-state index contributed by atoms with van der Waals surface area (Å²) < 4.78 is 24.8. The van der Waals surface area contributed by atoms with Gasteiger partial charge in [0.05, 0.1) is 34.0 Å². The van der Waals surface area contributed by atoms with E-state index in [1.54, 1.807) is 21.3 Å². The summed E-state index contributed by atoms with van der Waals surface area (Å²) in [6.45, 7) is 6.70. The van der Waals surface area contributed by atoms with Crippen molar-refractivity contribution in [1.82, 2.24) is 29.2 Å². The number of aromatic amines is 1. The van der Waals surface area contributed by atoms with Gasteiger partial charge >= 0.3 is 10.6 Å². The molecule has 51 heavy (non-hydrogen) atoms. The number of aliphatic hydroxyl groups excluding tert-OH is 1. The minimum Gasteiger partial charge on any atom is -0.506 e. The number of hydrogen-bond acceptors (Lipinski definition) is 9. The number of carbonyl (C=O) groups excluding carboxylic acids is 1. The molecule has 2 aliphatic heterocycles. The Hall–Kier alpha value is -4.34. The molecule has 4 N–H and O–H groups in total. The Labute approximate surface area is 297 Å². The van der Waals surface area contributed by atoms with Crippen molar-refractivity contribution in [3.05, 3.63) is 97.3 Å². The van der Waals surface area contributed by atoms with Gasteiger partial charge in [-0.1, -0.05) is 35.6 Å². The van der Waals surface area contributed by atoms with E-state index in [1.807, 2.05) is 42.2 Å². The molecule has 1 atom stereocenters. The van der Waals surface area contributed by atoms with Crippen molar-refractivity contribution in [3.63, 3.8) is 0 Å². The molecule has 270 valence electrons. The molecule has 5 aromatic rings. The number of thiazole rings is 1. The summed E-state index contributed by atoms with van der Waals surface area (Å²) in [5.41, 5.74) is 3.58. The fourth-order valence-corrected chi connectivity index (χ4v) is 8.46. The maximum absolute atomic E-state index is 14.7. The molecular weight excluding hydrogens is 676 g/mol. The number of halogens is 1. The van der Waals surface area contributed by atoms with E-state index in [1.165, 1.54) is 12.1 Å². The Balaban J connectivity index is 0.908. The van der Waals surface area contributed by atoms with Crippen molar-refractivity contribution in [1.29, 1.82) is 0 Å². The zero-order valence-corrected chi connectivity index (χ0v) is 29.4. The quantitative estimate of drug-likeness (QED) is 0.152. The van der Waals surface area contributed by atoms with Gasteiger partial charge in [-0.25, -0.2) is 9.18 Å². The van der Waals surface area contributed by atoms with Gasteiger partial charge in [-0.2, -0.15) is 0 Å². The van der Waals surface area contributed by atoms with E-state index in [9.17, 15) is 29.0 Å². The summed E-state index contributed by atoms with van der Waals surface area (Å²) in [7, 11) is 0. The highest BCUT2D eigenvalue weighted by atomic mass is 32.1. The van der Waals surface area contributed by atoms with E-state index in [2.05, 4.69) is 15.2 Å². The number of aliphatic hydroxyl groups is 1. The minimum atomic E-state index is -0.887. The topological polar surface area (TPSA) is 145 Å². The number of morpholine rings is 1. The SMILES string of the molecule is CCn1c(=O)n(CC(=O)N2CCOC3(CCN(Cc4cc(F)cc(CCNCC(O)c5ccc(O)c6[nH]c(=O)sc56)c4)CC3)C2)c2ccccc21. The van der Waals surface area contributed by atoms with Crippen LogP contribution in [0.15, 0.2) is 64.2 Å². The van der Waals surface area contributed by atoms with Crippen LogP contribution < -0.4 is 15.9 Å². The molecule has 1 spiro atoms. The molecule has 0 saturated carbocycles. The van der Waals surface area contributed by atoms with Crippen LogP contribution in [0.3, 0.4) is 0 Å². The lowest BCUT2D eigenvalue weighted by atomic mass is 9.89. The number of likely N-dealkylation sites (tertiary alicyclic amines) is 1. The summed E-state index contributed by atoms with van der Waals surface area (Å²) in [5, 5.41) is 24.0. The van der Waals surface area contributed by atoms with Crippen LogP contribution in [0.1, 0.15) is 42.6 Å². The van der Waals surface area contributed by atoms with Gasteiger partial charge in [-0.3, -0.25) is 23.6 Å². The van der Waals surface area contributed by atoms with Crippen LogP contribution in [0.4, 0.5) is 4.39 Å². The number of piperidine rings is 1.